The lowest BCUT2D eigenvalue weighted by molar-refractivity contribution is 0.381. The molecular formula is C15H21N3S. The van der Waals surface area contributed by atoms with Gasteiger partial charge in [-0.15, -0.1) is 11.3 Å². The van der Waals surface area contributed by atoms with Gasteiger partial charge in [-0.3, -0.25) is 5.10 Å². The molecule has 19 heavy (non-hydrogen) atoms. The van der Waals surface area contributed by atoms with Crippen LogP contribution in [0.2, 0.25) is 0 Å². The quantitative estimate of drug-likeness (QED) is 0.871. The van der Waals surface area contributed by atoms with Crippen LogP contribution in [0.1, 0.15) is 38.2 Å². The minimum atomic E-state index is 0.605. The Labute approximate surface area is 118 Å². The average molecular weight is 275 g/mol. The first-order chi connectivity index (χ1) is 9.34. The third-order valence-corrected chi connectivity index (χ3v) is 5.09. The molecule has 102 valence electrons. The Hall–Kier alpha value is -1.13. The molecule has 0 bridgehead atoms. The summed E-state index contributed by atoms with van der Waals surface area (Å²) in [5.74, 6) is 0.858. The van der Waals surface area contributed by atoms with E-state index in [0.29, 0.717) is 6.04 Å². The summed E-state index contributed by atoms with van der Waals surface area (Å²) in [7, 11) is 0. The zero-order valence-corrected chi connectivity index (χ0v) is 12.2. The van der Waals surface area contributed by atoms with E-state index in [1.165, 1.54) is 41.8 Å². The molecule has 0 amide bonds. The maximum Gasteiger partial charge on any atom is 0.0794 e. The van der Waals surface area contributed by atoms with Gasteiger partial charge in [0.2, 0.25) is 0 Å². The maximum absolute atomic E-state index is 4.20. The fraction of sp³-hybridized carbons (Fsp3) is 0.533. The van der Waals surface area contributed by atoms with Gasteiger partial charge in [0.1, 0.15) is 0 Å². The van der Waals surface area contributed by atoms with Crippen molar-refractivity contribution in [1.82, 2.24) is 15.5 Å². The number of H-pyrrole nitrogens is 1. The Morgan fingerprint density at radius 2 is 2.32 bits per heavy atom. The molecule has 2 aromatic rings. The van der Waals surface area contributed by atoms with E-state index in [1.54, 1.807) is 11.3 Å². The second kappa shape index (κ2) is 5.88. The van der Waals surface area contributed by atoms with Crippen molar-refractivity contribution in [3.05, 3.63) is 29.3 Å². The van der Waals surface area contributed by atoms with Crippen LogP contribution in [0, 0.1) is 5.92 Å². The molecule has 2 heterocycles. The first-order valence-electron chi connectivity index (χ1n) is 7.14. The molecule has 3 rings (SSSR count). The molecule has 1 fully saturated rings. The number of hydrogen-bond donors (Lipinski definition) is 2. The molecule has 1 aliphatic rings. The lowest BCUT2D eigenvalue weighted by Gasteiger charge is -2.20. The van der Waals surface area contributed by atoms with Gasteiger partial charge in [0.15, 0.2) is 0 Å². The van der Waals surface area contributed by atoms with Gasteiger partial charge in [-0.05, 0) is 37.1 Å². The molecule has 1 atom stereocenters. The van der Waals surface area contributed by atoms with Crippen LogP contribution in [0.15, 0.2) is 23.7 Å². The molecule has 2 aromatic heterocycles. The Kier molecular flexibility index (Phi) is 3.99. The summed E-state index contributed by atoms with van der Waals surface area (Å²) in [6.07, 6.45) is 7.53. The summed E-state index contributed by atoms with van der Waals surface area (Å²) < 4.78 is 0. The van der Waals surface area contributed by atoms with Crippen LogP contribution < -0.4 is 5.32 Å². The average Bonchev–Trinajstić information content (AvgIpc) is 3.14. The number of aromatic nitrogens is 2. The highest BCUT2D eigenvalue weighted by Gasteiger charge is 2.21. The molecular weight excluding hydrogens is 254 g/mol. The Balaban J connectivity index is 1.62. The van der Waals surface area contributed by atoms with E-state index in [-0.39, 0.29) is 0 Å². The second-order valence-electron chi connectivity index (χ2n) is 5.46. The Bertz CT molecular complexity index is 497. The van der Waals surface area contributed by atoms with Crippen molar-refractivity contribution in [2.45, 2.75) is 45.2 Å². The summed E-state index contributed by atoms with van der Waals surface area (Å²) in [5.41, 5.74) is 2.44. The van der Waals surface area contributed by atoms with E-state index in [4.69, 9.17) is 0 Å². The second-order valence-corrected chi connectivity index (χ2v) is 6.41. The number of thiophene rings is 1. The summed E-state index contributed by atoms with van der Waals surface area (Å²) in [6.45, 7) is 3.22. The van der Waals surface area contributed by atoms with E-state index in [0.717, 1.165) is 12.5 Å². The van der Waals surface area contributed by atoms with E-state index in [9.17, 15) is 0 Å². The molecule has 0 aliphatic heterocycles. The van der Waals surface area contributed by atoms with Crippen LogP contribution in [-0.2, 0) is 6.54 Å². The monoisotopic (exact) mass is 275 g/mol. The van der Waals surface area contributed by atoms with E-state index in [2.05, 4.69) is 40.0 Å². The summed E-state index contributed by atoms with van der Waals surface area (Å²) in [6, 6.07) is 4.83. The topological polar surface area (TPSA) is 40.7 Å². The number of nitrogens with zero attached hydrogens (tertiary/aromatic N) is 1. The predicted octanol–water partition coefficient (Wildman–Crippen LogP) is 3.81. The van der Waals surface area contributed by atoms with Crippen molar-refractivity contribution in [3.8, 4) is 10.6 Å². The van der Waals surface area contributed by atoms with E-state index >= 15 is 0 Å². The summed E-state index contributed by atoms with van der Waals surface area (Å²) >= 11 is 1.76. The van der Waals surface area contributed by atoms with Crippen LogP contribution in [0.3, 0.4) is 0 Å². The molecule has 3 nitrogen and oxygen atoms in total. The highest BCUT2D eigenvalue weighted by atomic mass is 32.1. The van der Waals surface area contributed by atoms with Gasteiger partial charge < -0.3 is 5.32 Å². The Morgan fingerprint density at radius 3 is 3.05 bits per heavy atom. The largest absolute Gasteiger partial charge is 0.310 e. The zero-order chi connectivity index (χ0) is 13.1. The van der Waals surface area contributed by atoms with E-state index in [1.807, 2.05) is 6.20 Å². The first kappa shape index (κ1) is 12.9. The highest BCUT2D eigenvalue weighted by Crippen LogP contribution is 2.29. The number of nitrogens with one attached hydrogen (secondary N) is 2. The van der Waals surface area contributed by atoms with Gasteiger partial charge in [-0.2, -0.15) is 5.10 Å². The SMILES string of the molecule is CC(NCc1cn[nH]c1-c1cccs1)C1CCCC1. The molecule has 2 N–H and O–H groups in total. The third-order valence-electron chi connectivity index (χ3n) is 4.21. The van der Waals surface area contributed by atoms with Gasteiger partial charge in [-0.1, -0.05) is 18.9 Å². The molecule has 1 unspecified atom stereocenters. The van der Waals surface area contributed by atoms with Gasteiger partial charge >= 0.3 is 0 Å². The smallest absolute Gasteiger partial charge is 0.0794 e. The molecule has 0 radical (unpaired) electrons. The van der Waals surface area contributed by atoms with Crippen LogP contribution in [0.5, 0.6) is 0 Å². The predicted molar refractivity (Wildman–Crippen MR) is 80.2 cm³/mol. The van der Waals surface area contributed by atoms with Crippen LogP contribution in [0.4, 0.5) is 0 Å². The van der Waals surface area contributed by atoms with Gasteiger partial charge in [-0.25, -0.2) is 0 Å². The minimum absolute atomic E-state index is 0.605. The fourth-order valence-corrected chi connectivity index (χ4v) is 3.73. The van der Waals surface area contributed by atoms with Crippen molar-refractivity contribution in [1.29, 1.82) is 0 Å². The first-order valence-corrected chi connectivity index (χ1v) is 8.02. The minimum Gasteiger partial charge on any atom is -0.310 e. The van der Waals surface area contributed by atoms with Crippen molar-refractivity contribution < 1.29 is 0 Å². The summed E-state index contributed by atoms with van der Waals surface area (Å²) in [4.78, 5) is 1.27. The molecule has 4 heteroatoms. The number of aromatic amines is 1. The Morgan fingerprint density at radius 1 is 1.47 bits per heavy atom. The molecule has 0 spiro atoms. The lowest BCUT2D eigenvalue weighted by atomic mass is 9.99. The lowest BCUT2D eigenvalue weighted by Crippen LogP contribution is -2.31. The van der Waals surface area contributed by atoms with Gasteiger partial charge in [0.05, 0.1) is 16.8 Å². The molecule has 0 aromatic carbocycles. The third kappa shape index (κ3) is 2.90. The van der Waals surface area contributed by atoms with Gasteiger partial charge in [0.25, 0.3) is 0 Å². The van der Waals surface area contributed by atoms with Crippen molar-refractivity contribution in [2.24, 2.45) is 5.92 Å². The van der Waals surface area contributed by atoms with Crippen LogP contribution >= 0.6 is 11.3 Å². The van der Waals surface area contributed by atoms with Crippen LogP contribution in [0.25, 0.3) is 10.6 Å². The number of rotatable bonds is 5. The zero-order valence-electron chi connectivity index (χ0n) is 11.4. The standard InChI is InChI=1S/C15H21N3S/c1-11(12-5-2-3-6-12)16-9-13-10-17-18-15(13)14-7-4-8-19-14/h4,7-8,10-12,16H,2-3,5-6,9H2,1H3,(H,17,18). The van der Waals surface area contributed by atoms with Crippen molar-refractivity contribution >= 4 is 11.3 Å². The summed E-state index contributed by atoms with van der Waals surface area (Å²) in [5, 5.41) is 13.1. The highest BCUT2D eigenvalue weighted by molar-refractivity contribution is 7.13. The van der Waals surface area contributed by atoms with Crippen molar-refractivity contribution in [3.63, 3.8) is 0 Å². The normalized spacial score (nSPS) is 17.9. The molecule has 1 aliphatic carbocycles. The van der Waals surface area contributed by atoms with E-state index < -0.39 is 0 Å². The molecule has 1 saturated carbocycles. The maximum atomic E-state index is 4.20. The molecule has 0 saturated heterocycles. The number of hydrogen-bond acceptors (Lipinski definition) is 3. The van der Waals surface area contributed by atoms with Crippen molar-refractivity contribution in [2.75, 3.05) is 0 Å². The van der Waals surface area contributed by atoms with Crippen LogP contribution in [-0.4, -0.2) is 16.2 Å². The fourth-order valence-electron chi connectivity index (χ4n) is 2.97. The van der Waals surface area contributed by atoms with Gasteiger partial charge in [0, 0.05) is 18.2 Å².